The first-order valence-electron chi connectivity index (χ1n) is 5.30. The zero-order valence-electron chi connectivity index (χ0n) is 9.19. The number of unbranched alkanes of at least 4 members (excludes halogenated alkanes) is 1. The molecule has 15 heavy (non-hydrogen) atoms. The van der Waals surface area contributed by atoms with Crippen molar-refractivity contribution in [2.75, 3.05) is 0 Å². The van der Waals surface area contributed by atoms with Gasteiger partial charge in [0.1, 0.15) is 5.92 Å². The fraction of sp³-hybridized carbons (Fsp3) is 0.700. The van der Waals surface area contributed by atoms with E-state index in [-0.39, 0.29) is 0 Å². The first-order valence-corrected chi connectivity index (χ1v) is 5.30. The van der Waals surface area contributed by atoms with Crippen LogP contribution in [0.3, 0.4) is 0 Å². The number of carbonyl (C=O) groups excluding carboxylic acids is 1. The van der Waals surface area contributed by atoms with Crippen LogP contribution in [0.1, 0.15) is 50.7 Å². The molecule has 1 heterocycles. The van der Waals surface area contributed by atoms with Gasteiger partial charge in [-0.2, -0.15) is 4.98 Å². The van der Waals surface area contributed by atoms with Gasteiger partial charge in [0, 0.05) is 6.42 Å². The van der Waals surface area contributed by atoms with Gasteiger partial charge in [0.25, 0.3) is 0 Å². The summed E-state index contributed by atoms with van der Waals surface area (Å²) in [5.74, 6) is 0.146. The summed E-state index contributed by atoms with van der Waals surface area (Å²) >= 11 is 0. The molecule has 0 saturated heterocycles. The predicted octanol–water partition coefficient (Wildman–Crippen LogP) is 1.39. The zero-order valence-corrected chi connectivity index (χ0v) is 9.19. The fourth-order valence-electron chi connectivity index (χ4n) is 1.35. The van der Waals surface area contributed by atoms with E-state index in [1.165, 1.54) is 0 Å². The number of hydrogen-bond acceptors (Lipinski definition) is 4. The van der Waals surface area contributed by atoms with Crippen LogP contribution in [0.15, 0.2) is 4.52 Å². The number of rotatable bonds is 6. The summed E-state index contributed by atoms with van der Waals surface area (Å²) in [5, 5.41) is 3.75. The van der Waals surface area contributed by atoms with E-state index in [0.29, 0.717) is 24.6 Å². The second-order valence-electron chi connectivity index (χ2n) is 3.50. The number of primary amides is 1. The van der Waals surface area contributed by atoms with Gasteiger partial charge in [0.2, 0.25) is 11.8 Å². The van der Waals surface area contributed by atoms with Gasteiger partial charge >= 0.3 is 0 Å². The van der Waals surface area contributed by atoms with Crippen LogP contribution in [0.2, 0.25) is 0 Å². The average molecular weight is 211 g/mol. The molecule has 1 unspecified atom stereocenters. The number of nitrogens with zero attached hydrogens (tertiary/aromatic N) is 2. The first kappa shape index (κ1) is 11.7. The highest BCUT2D eigenvalue weighted by Gasteiger charge is 2.23. The Morgan fingerprint density at radius 1 is 1.53 bits per heavy atom. The van der Waals surface area contributed by atoms with E-state index in [0.717, 1.165) is 12.8 Å². The maximum atomic E-state index is 11.2. The minimum atomic E-state index is -0.433. The van der Waals surface area contributed by atoms with Crippen molar-refractivity contribution >= 4 is 5.91 Å². The maximum absolute atomic E-state index is 11.2. The third-order valence-electron chi connectivity index (χ3n) is 2.29. The SMILES string of the molecule is CCCCC(C(N)=O)c1nc(CC)no1. The van der Waals surface area contributed by atoms with Crippen molar-refractivity contribution in [1.82, 2.24) is 10.1 Å². The number of aromatic nitrogens is 2. The number of hydrogen-bond donors (Lipinski definition) is 1. The van der Waals surface area contributed by atoms with Crippen molar-refractivity contribution < 1.29 is 9.32 Å². The first-order chi connectivity index (χ1) is 7.19. The topological polar surface area (TPSA) is 82.0 Å². The van der Waals surface area contributed by atoms with Gasteiger partial charge in [-0.15, -0.1) is 0 Å². The molecule has 84 valence electrons. The van der Waals surface area contributed by atoms with Crippen LogP contribution in [0.5, 0.6) is 0 Å². The second-order valence-corrected chi connectivity index (χ2v) is 3.50. The van der Waals surface area contributed by atoms with E-state index < -0.39 is 11.8 Å². The number of nitrogens with two attached hydrogens (primary N) is 1. The lowest BCUT2D eigenvalue weighted by molar-refractivity contribution is -0.120. The normalized spacial score (nSPS) is 12.7. The van der Waals surface area contributed by atoms with Crippen LogP contribution in [0, 0.1) is 0 Å². The van der Waals surface area contributed by atoms with Gasteiger partial charge in [-0.3, -0.25) is 4.79 Å². The Morgan fingerprint density at radius 2 is 2.27 bits per heavy atom. The maximum Gasteiger partial charge on any atom is 0.239 e. The Kier molecular flexibility index (Phi) is 4.27. The van der Waals surface area contributed by atoms with Crippen LogP contribution in [0.25, 0.3) is 0 Å². The van der Waals surface area contributed by atoms with Gasteiger partial charge < -0.3 is 10.3 Å². The van der Waals surface area contributed by atoms with E-state index in [1.54, 1.807) is 0 Å². The molecule has 1 aromatic heterocycles. The minimum Gasteiger partial charge on any atom is -0.369 e. The van der Waals surface area contributed by atoms with Crippen LogP contribution >= 0.6 is 0 Å². The Hall–Kier alpha value is -1.39. The lowest BCUT2D eigenvalue weighted by atomic mass is 10.0. The lowest BCUT2D eigenvalue weighted by Crippen LogP contribution is -2.21. The monoisotopic (exact) mass is 211 g/mol. The summed E-state index contributed by atoms with van der Waals surface area (Å²) in [5.41, 5.74) is 5.29. The van der Waals surface area contributed by atoms with E-state index >= 15 is 0 Å². The quantitative estimate of drug-likeness (QED) is 0.770. The van der Waals surface area contributed by atoms with Gasteiger partial charge in [-0.1, -0.05) is 31.8 Å². The summed E-state index contributed by atoms with van der Waals surface area (Å²) in [6.07, 6.45) is 3.32. The van der Waals surface area contributed by atoms with Crippen molar-refractivity contribution in [3.63, 3.8) is 0 Å². The van der Waals surface area contributed by atoms with Crippen molar-refractivity contribution in [3.8, 4) is 0 Å². The second kappa shape index (κ2) is 5.48. The number of aryl methyl sites for hydroxylation is 1. The molecular formula is C10H17N3O2. The molecule has 0 radical (unpaired) electrons. The molecule has 0 aliphatic carbocycles. The van der Waals surface area contributed by atoms with E-state index in [9.17, 15) is 4.79 Å². The van der Waals surface area contributed by atoms with Gasteiger partial charge in [0.05, 0.1) is 0 Å². The highest BCUT2D eigenvalue weighted by molar-refractivity contribution is 5.80. The molecule has 1 aromatic rings. The molecule has 5 nitrogen and oxygen atoms in total. The van der Waals surface area contributed by atoms with Crippen LogP contribution in [0.4, 0.5) is 0 Å². The Labute approximate surface area is 89.0 Å². The molecule has 1 rings (SSSR count). The Bertz CT molecular complexity index is 322. The lowest BCUT2D eigenvalue weighted by Gasteiger charge is -2.06. The zero-order chi connectivity index (χ0) is 11.3. The number of amides is 1. The molecule has 0 saturated carbocycles. The van der Waals surface area contributed by atoms with Gasteiger partial charge in [-0.05, 0) is 6.42 Å². The minimum absolute atomic E-state index is 0.354. The molecule has 2 N–H and O–H groups in total. The van der Waals surface area contributed by atoms with Crippen molar-refractivity contribution in [1.29, 1.82) is 0 Å². The van der Waals surface area contributed by atoms with E-state index in [2.05, 4.69) is 17.1 Å². The van der Waals surface area contributed by atoms with Crippen LogP contribution in [-0.2, 0) is 11.2 Å². The molecule has 0 aliphatic rings. The molecule has 0 spiro atoms. The smallest absolute Gasteiger partial charge is 0.239 e. The summed E-state index contributed by atoms with van der Waals surface area (Å²) in [6.45, 7) is 3.99. The summed E-state index contributed by atoms with van der Waals surface area (Å²) in [4.78, 5) is 15.3. The fourth-order valence-corrected chi connectivity index (χ4v) is 1.35. The molecule has 0 bridgehead atoms. The van der Waals surface area contributed by atoms with Crippen molar-refractivity contribution in [2.45, 2.75) is 45.4 Å². The molecule has 0 fully saturated rings. The van der Waals surface area contributed by atoms with Crippen molar-refractivity contribution in [2.24, 2.45) is 5.73 Å². The molecule has 0 aromatic carbocycles. The highest BCUT2D eigenvalue weighted by Crippen LogP contribution is 2.20. The largest absolute Gasteiger partial charge is 0.369 e. The predicted molar refractivity (Wildman–Crippen MR) is 55.1 cm³/mol. The molecule has 0 aliphatic heterocycles. The summed E-state index contributed by atoms with van der Waals surface area (Å²) in [6, 6.07) is 0. The molecule has 1 atom stereocenters. The Balaban J connectivity index is 2.74. The third kappa shape index (κ3) is 3.04. The Morgan fingerprint density at radius 3 is 2.73 bits per heavy atom. The van der Waals surface area contributed by atoms with Crippen molar-refractivity contribution in [3.05, 3.63) is 11.7 Å². The third-order valence-corrected chi connectivity index (χ3v) is 2.29. The van der Waals surface area contributed by atoms with Crippen LogP contribution < -0.4 is 5.73 Å². The highest BCUT2D eigenvalue weighted by atomic mass is 16.5. The van der Waals surface area contributed by atoms with E-state index in [4.69, 9.17) is 10.3 Å². The molecule has 5 heteroatoms. The molecule has 1 amide bonds. The standard InChI is InChI=1S/C10H17N3O2/c1-3-5-6-7(9(11)14)10-12-8(4-2)13-15-10/h7H,3-6H2,1-2H3,(H2,11,14). The van der Waals surface area contributed by atoms with E-state index in [1.807, 2.05) is 6.92 Å². The van der Waals surface area contributed by atoms with Gasteiger partial charge in [-0.25, -0.2) is 0 Å². The number of carbonyl (C=O) groups is 1. The average Bonchev–Trinajstić information content (AvgIpc) is 2.66. The van der Waals surface area contributed by atoms with Gasteiger partial charge in [0.15, 0.2) is 5.82 Å². The summed E-state index contributed by atoms with van der Waals surface area (Å²) in [7, 11) is 0. The summed E-state index contributed by atoms with van der Waals surface area (Å²) < 4.78 is 5.01. The van der Waals surface area contributed by atoms with Crippen LogP contribution in [-0.4, -0.2) is 16.0 Å². The molecular weight excluding hydrogens is 194 g/mol.